The van der Waals surface area contributed by atoms with Crippen molar-refractivity contribution in [2.45, 2.75) is 0 Å². The van der Waals surface area contributed by atoms with Crippen molar-refractivity contribution in [3.05, 3.63) is 182 Å². The Balaban J connectivity index is 1.29. The molecule has 11 rings (SSSR count). The van der Waals surface area contributed by atoms with E-state index < -0.39 is 0 Å². The normalized spacial score (nSPS) is 11.8. The van der Waals surface area contributed by atoms with Crippen LogP contribution in [-0.4, -0.2) is 19.1 Å². The van der Waals surface area contributed by atoms with Crippen LogP contribution in [0.3, 0.4) is 0 Å². The summed E-state index contributed by atoms with van der Waals surface area (Å²) in [5.74, 6) is 0.661. The standard InChI is InChI=1S/C48H30N4/c1-3-15-31(16-4-1)32-27-29-34(30-28-32)51-41-25-13-10-22-38(41)43-44-39-23-11-14-26-42(39)52(47(44)36-20-8-7-19-35(36)46(43)51)48-49-40-24-12-9-21-37(40)45(50-48)33-17-5-2-6-18-33/h1-30H. The van der Waals surface area contributed by atoms with Gasteiger partial charge in [-0.2, -0.15) is 0 Å². The number of hydrogen-bond donors (Lipinski definition) is 0. The van der Waals surface area contributed by atoms with E-state index >= 15 is 0 Å². The van der Waals surface area contributed by atoms with Crippen LogP contribution in [0.5, 0.6) is 0 Å². The molecule has 0 radical (unpaired) electrons. The molecule has 242 valence electrons. The minimum absolute atomic E-state index is 0.661. The second kappa shape index (κ2) is 11.2. The van der Waals surface area contributed by atoms with Gasteiger partial charge in [0.1, 0.15) is 0 Å². The average Bonchev–Trinajstić information content (AvgIpc) is 3.75. The molecule has 8 aromatic carbocycles. The van der Waals surface area contributed by atoms with Crippen LogP contribution < -0.4 is 0 Å². The van der Waals surface area contributed by atoms with E-state index in [2.05, 4.69) is 185 Å². The quantitative estimate of drug-likeness (QED) is 0.188. The first kappa shape index (κ1) is 28.8. The summed E-state index contributed by atoms with van der Waals surface area (Å²) in [5.41, 5.74) is 11.0. The fourth-order valence-electron chi connectivity index (χ4n) is 8.28. The summed E-state index contributed by atoms with van der Waals surface area (Å²) in [7, 11) is 0. The lowest BCUT2D eigenvalue weighted by molar-refractivity contribution is 1.02. The topological polar surface area (TPSA) is 35.6 Å². The van der Waals surface area contributed by atoms with Crippen molar-refractivity contribution in [2.24, 2.45) is 0 Å². The second-order valence-electron chi connectivity index (χ2n) is 13.4. The van der Waals surface area contributed by atoms with Gasteiger partial charge in [0.2, 0.25) is 5.95 Å². The van der Waals surface area contributed by atoms with Gasteiger partial charge in [-0.25, -0.2) is 9.97 Å². The van der Waals surface area contributed by atoms with Gasteiger partial charge in [-0.1, -0.05) is 152 Å². The molecular formula is C48H30N4. The third kappa shape index (κ3) is 4.15. The van der Waals surface area contributed by atoms with Gasteiger partial charge in [-0.15, -0.1) is 0 Å². The maximum atomic E-state index is 5.40. The minimum Gasteiger partial charge on any atom is -0.309 e. The molecule has 3 aromatic heterocycles. The number of nitrogens with zero attached hydrogens (tertiary/aromatic N) is 4. The molecule has 4 nitrogen and oxygen atoms in total. The van der Waals surface area contributed by atoms with Crippen molar-refractivity contribution in [2.75, 3.05) is 0 Å². The zero-order valence-electron chi connectivity index (χ0n) is 28.1. The Kier molecular flexibility index (Phi) is 6.22. The molecule has 3 heterocycles. The lowest BCUT2D eigenvalue weighted by atomic mass is 9.99. The number of benzene rings is 8. The van der Waals surface area contributed by atoms with E-state index in [1.54, 1.807) is 0 Å². The van der Waals surface area contributed by atoms with E-state index in [1.165, 1.54) is 49.1 Å². The lowest BCUT2D eigenvalue weighted by Crippen LogP contribution is -2.04. The molecule has 0 saturated carbocycles. The Morgan fingerprint density at radius 3 is 1.42 bits per heavy atom. The number of aromatic nitrogens is 4. The molecule has 11 aromatic rings. The van der Waals surface area contributed by atoms with E-state index in [4.69, 9.17) is 9.97 Å². The molecule has 4 heteroatoms. The minimum atomic E-state index is 0.661. The highest BCUT2D eigenvalue weighted by Crippen LogP contribution is 2.47. The Morgan fingerprint density at radius 1 is 0.327 bits per heavy atom. The van der Waals surface area contributed by atoms with Crippen molar-refractivity contribution in [3.8, 4) is 34.0 Å². The van der Waals surface area contributed by atoms with Crippen LogP contribution in [0, 0.1) is 0 Å². The monoisotopic (exact) mass is 662 g/mol. The van der Waals surface area contributed by atoms with Crippen molar-refractivity contribution < 1.29 is 0 Å². The molecule has 0 aliphatic rings. The molecule has 0 saturated heterocycles. The van der Waals surface area contributed by atoms with Crippen molar-refractivity contribution in [1.82, 2.24) is 19.1 Å². The van der Waals surface area contributed by atoms with Crippen molar-refractivity contribution >= 4 is 65.3 Å². The molecular weight excluding hydrogens is 633 g/mol. The number of para-hydroxylation sites is 3. The largest absolute Gasteiger partial charge is 0.309 e. The van der Waals surface area contributed by atoms with E-state index in [0.717, 1.165) is 44.3 Å². The zero-order valence-corrected chi connectivity index (χ0v) is 28.1. The summed E-state index contributed by atoms with van der Waals surface area (Å²) in [4.78, 5) is 10.7. The molecule has 0 atom stereocenters. The summed E-state index contributed by atoms with van der Waals surface area (Å²) in [6, 6.07) is 64.7. The first-order valence-electron chi connectivity index (χ1n) is 17.7. The maximum absolute atomic E-state index is 5.40. The van der Waals surface area contributed by atoms with Gasteiger partial charge in [-0.05, 0) is 41.5 Å². The van der Waals surface area contributed by atoms with E-state index in [0.29, 0.717) is 5.95 Å². The van der Waals surface area contributed by atoms with Crippen LogP contribution in [0.2, 0.25) is 0 Å². The van der Waals surface area contributed by atoms with Crippen LogP contribution in [0.15, 0.2) is 182 Å². The zero-order chi connectivity index (χ0) is 34.2. The van der Waals surface area contributed by atoms with E-state index in [1.807, 2.05) is 6.07 Å². The molecule has 0 aliphatic carbocycles. The Morgan fingerprint density at radius 2 is 0.788 bits per heavy atom. The average molecular weight is 663 g/mol. The van der Waals surface area contributed by atoms with Gasteiger partial charge in [0.25, 0.3) is 0 Å². The fraction of sp³-hybridized carbons (Fsp3) is 0. The number of hydrogen-bond acceptors (Lipinski definition) is 2. The van der Waals surface area contributed by atoms with Crippen molar-refractivity contribution in [3.63, 3.8) is 0 Å². The van der Waals surface area contributed by atoms with Crippen LogP contribution >= 0.6 is 0 Å². The molecule has 0 N–H and O–H groups in total. The molecule has 52 heavy (non-hydrogen) atoms. The number of rotatable bonds is 4. The smallest absolute Gasteiger partial charge is 0.235 e. The van der Waals surface area contributed by atoms with Crippen LogP contribution in [0.4, 0.5) is 0 Å². The molecule has 0 unspecified atom stereocenters. The molecule has 0 fully saturated rings. The van der Waals surface area contributed by atoms with Gasteiger partial charge in [0.15, 0.2) is 0 Å². The maximum Gasteiger partial charge on any atom is 0.235 e. The fourth-order valence-corrected chi connectivity index (χ4v) is 8.28. The first-order chi connectivity index (χ1) is 25.8. The van der Waals surface area contributed by atoms with Crippen molar-refractivity contribution in [1.29, 1.82) is 0 Å². The predicted octanol–water partition coefficient (Wildman–Crippen LogP) is 12.3. The highest BCUT2D eigenvalue weighted by atomic mass is 15.2. The van der Waals surface area contributed by atoms with Gasteiger partial charge in [-0.3, -0.25) is 4.57 Å². The molecule has 0 bridgehead atoms. The van der Waals surface area contributed by atoms with Gasteiger partial charge < -0.3 is 4.57 Å². The second-order valence-corrected chi connectivity index (χ2v) is 13.4. The predicted molar refractivity (Wildman–Crippen MR) is 217 cm³/mol. The van der Waals surface area contributed by atoms with Crippen LogP contribution in [0.25, 0.3) is 99.3 Å². The van der Waals surface area contributed by atoms with E-state index in [9.17, 15) is 0 Å². The van der Waals surface area contributed by atoms with E-state index in [-0.39, 0.29) is 0 Å². The lowest BCUT2D eigenvalue weighted by Gasteiger charge is -2.14. The third-order valence-corrected chi connectivity index (χ3v) is 10.5. The SMILES string of the molecule is c1ccc(-c2ccc(-n3c4ccccc4c4c5c6ccccc6n(-c6nc(-c7ccccc7)c7ccccc7n6)c5c5ccccc5c43)cc2)cc1. The van der Waals surface area contributed by atoms with Gasteiger partial charge >= 0.3 is 0 Å². The van der Waals surface area contributed by atoms with Gasteiger partial charge in [0, 0.05) is 49.0 Å². The first-order valence-corrected chi connectivity index (χ1v) is 17.7. The summed E-state index contributed by atoms with van der Waals surface area (Å²) in [5, 5.41) is 8.20. The highest BCUT2D eigenvalue weighted by molar-refractivity contribution is 6.37. The van der Waals surface area contributed by atoms with Gasteiger partial charge in [0.05, 0.1) is 33.3 Å². The number of fused-ring (bicyclic) bond motifs is 11. The third-order valence-electron chi connectivity index (χ3n) is 10.5. The van der Waals surface area contributed by atoms with Crippen LogP contribution in [-0.2, 0) is 0 Å². The molecule has 0 aliphatic heterocycles. The highest BCUT2D eigenvalue weighted by Gasteiger charge is 2.25. The molecule has 0 spiro atoms. The molecule has 0 amide bonds. The summed E-state index contributed by atoms with van der Waals surface area (Å²) in [6.45, 7) is 0. The van der Waals surface area contributed by atoms with Crippen LogP contribution in [0.1, 0.15) is 0 Å². The Hall–Kier alpha value is -7.04. The summed E-state index contributed by atoms with van der Waals surface area (Å²) in [6.07, 6.45) is 0. The Bertz CT molecular complexity index is 3160. The summed E-state index contributed by atoms with van der Waals surface area (Å²) >= 11 is 0. The summed E-state index contributed by atoms with van der Waals surface area (Å²) < 4.78 is 4.75. The Labute approximate surface area is 299 Å².